The first-order valence-corrected chi connectivity index (χ1v) is 8.32. The molecule has 0 N–H and O–H groups in total. The Labute approximate surface area is 149 Å². The second-order valence-electron chi connectivity index (χ2n) is 6.52. The smallest absolute Gasteiger partial charge is 0.325 e. The van der Waals surface area contributed by atoms with Crippen molar-refractivity contribution >= 4 is 22.3 Å². The van der Waals surface area contributed by atoms with Crippen molar-refractivity contribution in [2.75, 3.05) is 0 Å². The normalized spacial score (nSPS) is 13.2. The van der Waals surface area contributed by atoms with Crippen LogP contribution >= 0.6 is 0 Å². The summed E-state index contributed by atoms with van der Waals surface area (Å²) in [5.74, 6) is 1.01. The Morgan fingerprint density at radius 1 is 0.923 bits per heavy atom. The van der Waals surface area contributed by atoms with Crippen LogP contribution in [-0.4, -0.2) is 16.1 Å². The molecule has 4 aromatic rings. The maximum atomic E-state index is 13.2. The molecule has 0 radical (unpaired) electrons. The number of nitrogens with zero attached hydrogens (tertiary/aromatic N) is 2. The molecule has 0 bridgehead atoms. The standard InChI is InChI=1S/C21H15N2O3/c1-22-17-18(23(2)21(22)16-8-5-9-26-16)20(25)15-11-13-7-4-3-6-12(13)10-14(15)19(17)24/h3-11H,1-2H3/q+1. The first kappa shape index (κ1) is 14.8. The molecule has 0 atom stereocenters. The molecule has 1 aliphatic carbocycles. The molecule has 0 unspecified atom stereocenters. The van der Waals surface area contributed by atoms with Crippen LogP contribution in [-0.2, 0) is 14.1 Å². The third kappa shape index (κ3) is 1.77. The van der Waals surface area contributed by atoms with E-state index in [1.807, 2.05) is 42.5 Å². The van der Waals surface area contributed by atoms with Crippen LogP contribution in [0.25, 0.3) is 22.4 Å². The summed E-state index contributed by atoms with van der Waals surface area (Å²) in [5, 5.41) is 1.89. The molecule has 1 aliphatic rings. The Morgan fingerprint density at radius 2 is 1.58 bits per heavy atom. The highest BCUT2D eigenvalue weighted by atomic mass is 16.3. The van der Waals surface area contributed by atoms with Crippen molar-refractivity contribution in [3.63, 3.8) is 0 Å². The van der Waals surface area contributed by atoms with Crippen LogP contribution in [0.15, 0.2) is 59.2 Å². The first-order valence-electron chi connectivity index (χ1n) is 8.32. The number of hydrogen-bond acceptors (Lipinski definition) is 3. The van der Waals surface area contributed by atoms with Crippen LogP contribution in [0.2, 0.25) is 0 Å². The average Bonchev–Trinajstić information content (AvgIpc) is 3.25. The van der Waals surface area contributed by atoms with Gasteiger partial charge in [-0.05, 0) is 35.0 Å². The number of ketones is 2. The van der Waals surface area contributed by atoms with Gasteiger partial charge in [0.15, 0.2) is 0 Å². The van der Waals surface area contributed by atoms with E-state index in [2.05, 4.69) is 0 Å². The summed E-state index contributed by atoms with van der Waals surface area (Å²) in [6.45, 7) is 0. The minimum absolute atomic E-state index is 0.142. The van der Waals surface area contributed by atoms with Gasteiger partial charge in [-0.2, -0.15) is 0 Å². The first-order chi connectivity index (χ1) is 12.6. The zero-order valence-corrected chi connectivity index (χ0v) is 14.3. The molecule has 0 fully saturated rings. The fraction of sp³-hybridized carbons (Fsp3) is 0.0952. The van der Waals surface area contributed by atoms with Crippen LogP contribution in [0.5, 0.6) is 0 Å². The van der Waals surface area contributed by atoms with Crippen LogP contribution in [0.3, 0.4) is 0 Å². The zero-order chi connectivity index (χ0) is 18.0. The summed E-state index contributed by atoms with van der Waals surface area (Å²) in [5.41, 5.74) is 1.69. The van der Waals surface area contributed by atoms with Crippen molar-refractivity contribution in [2.45, 2.75) is 0 Å². The molecule has 0 spiro atoms. The van der Waals surface area contributed by atoms with Crippen LogP contribution < -0.4 is 4.57 Å². The third-order valence-corrected chi connectivity index (χ3v) is 5.08. The summed E-state index contributed by atoms with van der Waals surface area (Å²) < 4.78 is 8.99. The predicted octanol–water partition coefficient (Wildman–Crippen LogP) is 3.04. The average molecular weight is 343 g/mol. The largest absolute Gasteiger partial charge is 0.456 e. The molecular weight excluding hydrogens is 328 g/mol. The van der Waals surface area contributed by atoms with E-state index in [9.17, 15) is 9.59 Å². The Kier molecular flexibility index (Phi) is 2.86. The lowest BCUT2D eigenvalue weighted by Gasteiger charge is -2.13. The van der Waals surface area contributed by atoms with Gasteiger partial charge in [-0.3, -0.25) is 9.59 Å². The number of furan rings is 1. The fourth-order valence-corrected chi connectivity index (χ4v) is 3.88. The highest BCUT2D eigenvalue weighted by Gasteiger charge is 2.43. The van der Waals surface area contributed by atoms with Gasteiger partial charge in [0.2, 0.25) is 28.7 Å². The number of carbonyl (C=O) groups excluding carboxylic acids is 2. The summed E-state index contributed by atoms with van der Waals surface area (Å²) >= 11 is 0. The van der Waals surface area contributed by atoms with Gasteiger partial charge in [0.1, 0.15) is 0 Å². The number of carbonyl (C=O) groups is 2. The highest BCUT2D eigenvalue weighted by molar-refractivity contribution is 6.28. The van der Waals surface area contributed by atoms with Gasteiger partial charge in [0, 0.05) is 11.1 Å². The van der Waals surface area contributed by atoms with E-state index in [1.165, 1.54) is 0 Å². The molecule has 2 heterocycles. The van der Waals surface area contributed by atoms with Crippen molar-refractivity contribution in [1.29, 1.82) is 0 Å². The Hall–Kier alpha value is -3.47. The molecule has 2 aromatic carbocycles. The predicted molar refractivity (Wildman–Crippen MR) is 95.1 cm³/mol. The summed E-state index contributed by atoms with van der Waals surface area (Å²) in [7, 11) is 3.57. The van der Waals surface area contributed by atoms with Gasteiger partial charge in [-0.25, -0.2) is 9.13 Å². The second kappa shape index (κ2) is 5.02. The topological polar surface area (TPSA) is 56.1 Å². The minimum atomic E-state index is -0.142. The van der Waals surface area contributed by atoms with E-state index < -0.39 is 0 Å². The number of aromatic nitrogens is 2. The highest BCUT2D eigenvalue weighted by Crippen LogP contribution is 2.31. The summed E-state index contributed by atoms with van der Waals surface area (Å²) in [4.78, 5) is 26.5. The van der Waals surface area contributed by atoms with Gasteiger partial charge in [0.05, 0.1) is 20.4 Å². The zero-order valence-electron chi connectivity index (χ0n) is 14.3. The lowest BCUT2D eigenvalue weighted by atomic mass is 9.87. The molecule has 5 rings (SSSR count). The lowest BCUT2D eigenvalue weighted by Crippen LogP contribution is -2.38. The summed E-state index contributed by atoms with van der Waals surface area (Å²) in [6.07, 6.45) is 1.58. The second-order valence-corrected chi connectivity index (χ2v) is 6.52. The molecule has 5 nitrogen and oxygen atoms in total. The van der Waals surface area contributed by atoms with E-state index in [0.717, 1.165) is 10.8 Å². The maximum absolute atomic E-state index is 13.2. The fourth-order valence-electron chi connectivity index (χ4n) is 3.88. The number of hydrogen-bond donors (Lipinski definition) is 0. The van der Waals surface area contributed by atoms with E-state index in [0.29, 0.717) is 34.1 Å². The number of fused-ring (bicyclic) bond motifs is 3. The van der Waals surface area contributed by atoms with Crippen molar-refractivity contribution in [3.8, 4) is 11.6 Å². The number of rotatable bonds is 1. The molecule has 5 heteroatoms. The monoisotopic (exact) mass is 343 g/mol. The number of benzene rings is 2. The quantitative estimate of drug-likeness (QED) is 0.440. The molecule has 0 amide bonds. The third-order valence-electron chi connectivity index (χ3n) is 5.08. The molecule has 2 aromatic heterocycles. The van der Waals surface area contributed by atoms with Gasteiger partial charge in [-0.15, -0.1) is 0 Å². The van der Waals surface area contributed by atoms with Crippen molar-refractivity contribution in [1.82, 2.24) is 4.57 Å². The van der Waals surface area contributed by atoms with E-state index in [1.54, 1.807) is 35.6 Å². The SMILES string of the molecule is Cn1c2c([n+](C)c1-c1ccco1)C(=O)c1cc3ccccc3cc1C2=O. The van der Waals surface area contributed by atoms with Crippen molar-refractivity contribution < 1.29 is 18.6 Å². The van der Waals surface area contributed by atoms with Crippen molar-refractivity contribution in [2.24, 2.45) is 14.1 Å². The molecular formula is C21H15N2O3+. The van der Waals surface area contributed by atoms with E-state index in [4.69, 9.17) is 4.42 Å². The van der Waals surface area contributed by atoms with Gasteiger partial charge >= 0.3 is 5.82 Å². The summed E-state index contributed by atoms with van der Waals surface area (Å²) in [6, 6.07) is 15.0. The van der Waals surface area contributed by atoms with Gasteiger partial charge in [0.25, 0.3) is 0 Å². The molecule has 26 heavy (non-hydrogen) atoms. The Bertz CT molecular complexity index is 1150. The molecule has 126 valence electrons. The van der Waals surface area contributed by atoms with Gasteiger partial charge < -0.3 is 4.42 Å². The van der Waals surface area contributed by atoms with Gasteiger partial charge in [-0.1, -0.05) is 24.3 Å². The number of imidazole rings is 1. The molecule has 0 aliphatic heterocycles. The van der Waals surface area contributed by atoms with Crippen LogP contribution in [0.1, 0.15) is 32.1 Å². The van der Waals surface area contributed by atoms with Crippen LogP contribution in [0, 0.1) is 0 Å². The molecule has 0 saturated heterocycles. The van der Waals surface area contributed by atoms with E-state index >= 15 is 0 Å². The maximum Gasteiger partial charge on any atom is 0.325 e. The van der Waals surface area contributed by atoms with Crippen molar-refractivity contribution in [3.05, 3.63) is 77.3 Å². The lowest BCUT2D eigenvalue weighted by molar-refractivity contribution is -0.661. The van der Waals surface area contributed by atoms with E-state index in [-0.39, 0.29) is 11.6 Å². The molecule has 0 saturated carbocycles. The van der Waals surface area contributed by atoms with Crippen LogP contribution in [0.4, 0.5) is 0 Å². The Balaban J connectivity index is 1.83. The Morgan fingerprint density at radius 3 is 2.19 bits per heavy atom. The minimum Gasteiger partial charge on any atom is -0.456 e.